The first-order chi connectivity index (χ1) is 20.2. The smallest absolute Gasteiger partial charge is 0.188 e. The van der Waals surface area contributed by atoms with Crippen molar-refractivity contribution in [3.05, 3.63) is 162 Å². The Morgan fingerprint density at radius 3 is 1.95 bits per heavy atom. The summed E-state index contributed by atoms with van der Waals surface area (Å²) < 4.78 is 0. The number of allylic oxidation sites excluding steroid dienone is 1. The molecule has 0 N–H and O–H groups in total. The van der Waals surface area contributed by atoms with E-state index in [9.17, 15) is 4.79 Å². The maximum absolute atomic E-state index is 12.9. The van der Waals surface area contributed by atoms with Gasteiger partial charge in [0.25, 0.3) is 0 Å². The lowest BCUT2D eigenvalue weighted by molar-refractivity contribution is 0.104. The molecule has 7 rings (SSSR count). The molecule has 0 radical (unpaired) electrons. The zero-order chi connectivity index (χ0) is 28.0. The van der Waals surface area contributed by atoms with Crippen molar-refractivity contribution < 1.29 is 4.79 Å². The van der Waals surface area contributed by atoms with Gasteiger partial charge in [0.2, 0.25) is 0 Å². The summed E-state index contributed by atoms with van der Waals surface area (Å²) in [5, 5.41) is 2.14. The van der Waals surface area contributed by atoms with Crippen molar-refractivity contribution in [1.82, 2.24) is 4.98 Å². The fourth-order valence-electron chi connectivity index (χ4n) is 4.77. The van der Waals surface area contributed by atoms with Gasteiger partial charge in [-0.3, -0.25) is 9.78 Å². The van der Waals surface area contributed by atoms with Crippen LogP contribution in [0, 0.1) is 0 Å². The second-order valence-electron chi connectivity index (χ2n) is 9.70. The van der Waals surface area contributed by atoms with Gasteiger partial charge in [0.1, 0.15) is 0 Å². The van der Waals surface area contributed by atoms with Crippen molar-refractivity contribution >= 4 is 34.1 Å². The molecule has 0 atom stereocenters. The van der Waals surface area contributed by atoms with Crippen LogP contribution in [0.25, 0.3) is 33.2 Å². The molecule has 1 aliphatic rings. The molecule has 0 saturated heterocycles. The predicted octanol–water partition coefficient (Wildman–Crippen LogP) is 9.52. The predicted molar refractivity (Wildman–Crippen MR) is 172 cm³/mol. The van der Waals surface area contributed by atoms with Crippen LogP contribution in [0.3, 0.4) is 0 Å². The molecule has 5 aromatic carbocycles. The minimum Gasteiger partial charge on any atom is -0.338 e. The molecule has 198 valence electrons. The third-order valence-electron chi connectivity index (χ3n) is 7.02. The minimum absolute atomic E-state index is 0.0186. The number of hydrogen-bond donors (Lipinski definition) is 0. The van der Waals surface area contributed by atoms with Crippen LogP contribution in [0.5, 0.6) is 0 Å². The average Bonchev–Trinajstić information content (AvgIpc) is 3.36. The Balaban J connectivity index is 0.000000253. The maximum atomic E-state index is 12.9. The molecule has 0 spiro atoms. The number of fused-ring (bicyclic) bond motifs is 2. The molecule has 0 fully saturated rings. The first-order valence-electron chi connectivity index (χ1n) is 13.5. The van der Waals surface area contributed by atoms with E-state index in [0.29, 0.717) is 5.56 Å². The molecule has 6 aromatic rings. The first-order valence-corrected chi connectivity index (χ1v) is 14.3. The molecular formula is C37H28N2OS. The monoisotopic (exact) mass is 548 g/mol. The summed E-state index contributed by atoms with van der Waals surface area (Å²) in [6, 6.07) is 46.9. The molecule has 4 heteroatoms. The highest BCUT2D eigenvalue weighted by atomic mass is 32.2. The van der Waals surface area contributed by atoms with E-state index in [-0.39, 0.29) is 5.78 Å². The van der Waals surface area contributed by atoms with Crippen LogP contribution < -0.4 is 4.90 Å². The molecule has 0 saturated carbocycles. The fourth-order valence-corrected chi connectivity index (χ4v) is 5.83. The molecule has 2 heterocycles. The van der Waals surface area contributed by atoms with Crippen LogP contribution in [0.15, 0.2) is 162 Å². The van der Waals surface area contributed by atoms with Gasteiger partial charge in [0, 0.05) is 35.2 Å². The zero-order valence-electron chi connectivity index (χ0n) is 22.6. The number of thioether (sulfide) groups is 1. The summed E-state index contributed by atoms with van der Waals surface area (Å²) in [4.78, 5) is 20.4. The zero-order valence-corrected chi connectivity index (χ0v) is 23.5. The van der Waals surface area contributed by atoms with Gasteiger partial charge >= 0.3 is 0 Å². The van der Waals surface area contributed by atoms with E-state index >= 15 is 0 Å². The molecule has 0 unspecified atom stereocenters. The summed E-state index contributed by atoms with van der Waals surface area (Å²) in [6.07, 6.45) is 3.55. The largest absolute Gasteiger partial charge is 0.338 e. The fraction of sp³-hybridized carbons (Fsp3) is 0.0270. The van der Waals surface area contributed by atoms with E-state index in [1.54, 1.807) is 17.8 Å². The van der Waals surface area contributed by atoms with Gasteiger partial charge in [0.05, 0.1) is 16.2 Å². The van der Waals surface area contributed by atoms with Crippen LogP contribution in [0.4, 0.5) is 5.69 Å². The highest BCUT2D eigenvalue weighted by Crippen LogP contribution is 2.46. The number of carbonyl (C=O) groups excluding carboxylic acids is 1. The van der Waals surface area contributed by atoms with E-state index in [0.717, 1.165) is 27.4 Å². The van der Waals surface area contributed by atoms with Crippen molar-refractivity contribution in [1.29, 1.82) is 0 Å². The van der Waals surface area contributed by atoms with Gasteiger partial charge in [-0.15, -0.1) is 0 Å². The lowest BCUT2D eigenvalue weighted by atomic mass is 10.0. The minimum atomic E-state index is 0.0186. The quantitative estimate of drug-likeness (QED) is 0.162. The molecular weight excluding hydrogens is 520 g/mol. The molecule has 0 amide bonds. The van der Waals surface area contributed by atoms with Crippen molar-refractivity contribution in [2.24, 2.45) is 0 Å². The van der Waals surface area contributed by atoms with E-state index in [2.05, 4.69) is 64.5 Å². The average molecular weight is 549 g/mol. The van der Waals surface area contributed by atoms with E-state index < -0.39 is 0 Å². The highest BCUT2D eigenvalue weighted by Gasteiger charge is 2.23. The molecule has 0 bridgehead atoms. The third-order valence-corrected chi connectivity index (χ3v) is 8.18. The van der Waals surface area contributed by atoms with Gasteiger partial charge in [-0.25, -0.2) is 0 Å². The van der Waals surface area contributed by atoms with Crippen molar-refractivity contribution in [2.75, 3.05) is 11.9 Å². The summed E-state index contributed by atoms with van der Waals surface area (Å²) in [7, 11) is 2.02. The van der Waals surface area contributed by atoms with E-state index in [1.165, 1.54) is 21.4 Å². The number of rotatable bonds is 4. The van der Waals surface area contributed by atoms with Crippen LogP contribution >= 0.6 is 11.8 Å². The number of hydrogen-bond acceptors (Lipinski definition) is 4. The summed E-state index contributed by atoms with van der Waals surface area (Å²) in [6.45, 7) is 0. The molecule has 0 aliphatic carbocycles. The van der Waals surface area contributed by atoms with E-state index in [1.807, 2.05) is 98.2 Å². The topological polar surface area (TPSA) is 33.2 Å². The van der Waals surface area contributed by atoms with Gasteiger partial charge in [-0.05, 0) is 46.5 Å². The summed E-state index contributed by atoms with van der Waals surface area (Å²) >= 11 is 1.64. The van der Waals surface area contributed by atoms with E-state index in [4.69, 9.17) is 0 Å². The standard InChI is InChI=1S/C28H21NOS.C9H7N/c1-29-25-18-24(21-10-6-3-7-11-21)16-17-27(25)31-28(29)19-26(30)23-14-12-22(13-15-23)20-8-4-2-5-9-20;1-2-6-9-8(4-1)5-3-7-10-9/h2-19H,1H3;1-7H. The lowest BCUT2D eigenvalue weighted by Crippen LogP contribution is -2.11. The Hall–Kier alpha value is -4.93. The van der Waals surface area contributed by atoms with Crippen molar-refractivity contribution in [3.63, 3.8) is 0 Å². The molecule has 3 nitrogen and oxygen atoms in total. The number of benzene rings is 5. The highest BCUT2D eigenvalue weighted by molar-refractivity contribution is 8.03. The van der Waals surface area contributed by atoms with Crippen LogP contribution in [-0.4, -0.2) is 17.8 Å². The number of pyridine rings is 1. The molecule has 1 aromatic heterocycles. The van der Waals surface area contributed by atoms with Gasteiger partial charge in [-0.1, -0.05) is 127 Å². The number of carbonyl (C=O) groups is 1. The molecule has 1 aliphatic heterocycles. The van der Waals surface area contributed by atoms with Crippen LogP contribution in [-0.2, 0) is 0 Å². The lowest BCUT2D eigenvalue weighted by Gasteiger charge is -2.14. The van der Waals surface area contributed by atoms with Gasteiger partial charge in [0.15, 0.2) is 5.78 Å². The van der Waals surface area contributed by atoms with Crippen LogP contribution in [0.2, 0.25) is 0 Å². The Bertz CT molecular complexity index is 1770. The number of nitrogens with zero attached hydrogens (tertiary/aromatic N) is 2. The maximum Gasteiger partial charge on any atom is 0.188 e. The summed E-state index contributed by atoms with van der Waals surface area (Å²) in [5.74, 6) is 0.0186. The van der Waals surface area contributed by atoms with Crippen molar-refractivity contribution in [2.45, 2.75) is 4.90 Å². The van der Waals surface area contributed by atoms with Crippen LogP contribution in [0.1, 0.15) is 10.4 Å². The third kappa shape index (κ3) is 5.98. The number of aromatic nitrogens is 1. The second-order valence-corrected chi connectivity index (χ2v) is 10.8. The Labute approximate surface area is 244 Å². The second kappa shape index (κ2) is 12.1. The Morgan fingerprint density at radius 2 is 1.24 bits per heavy atom. The Kier molecular flexibility index (Phi) is 7.74. The Morgan fingerprint density at radius 1 is 0.659 bits per heavy atom. The number of ketones is 1. The SMILES string of the molecule is CN1C(=CC(=O)c2ccc(-c3ccccc3)cc2)Sc2ccc(-c3ccccc3)cc21.c1ccc2ncccc2c1. The molecule has 41 heavy (non-hydrogen) atoms. The summed E-state index contributed by atoms with van der Waals surface area (Å²) in [5.41, 5.74) is 7.51. The normalized spacial score (nSPS) is 13.0. The number of para-hydroxylation sites is 1. The van der Waals surface area contributed by atoms with Crippen molar-refractivity contribution in [3.8, 4) is 22.3 Å². The van der Waals surface area contributed by atoms with Gasteiger partial charge in [-0.2, -0.15) is 0 Å². The van der Waals surface area contributed by atoms with Gasteiger partial charge < -0.3 is 4.90 Å². The number of anilines is 1. The first kappa shape index (κ1) is 26.3.